The van der Waals surface area contributed by atoms with Crippen LogP contribution in [0.3, 0.4) is 0 Å². The number of benzene rings is 1. The summed E-state index contributed by atoms with van der Waals surface area (Å²) in [6.07, 6.45) is 3.38. The zero-order valence-corrected chi connectivity index (χ0v) is 31.0. The molecule has 1 atom stereocenters. The van der Waals surface area contributed by atoms with Gasteiger partial charge in [0.2, 0.25) is 11.7 Å². The van der Waals surface area contributed by atoms with E-state index < -0.39 is 34.9 Å². The summed E-state index contributed by atoms with van der Waals surface area (Å²) in [5.41, 5.74) is 0.414. The number of hydrogen-bond acceptors (Lipinski definition) is 6. The minimum absolute atomic E-state index is 0.0140. The highest BCUT2D eigenvalue weighted by atomic mass is 35.5. The maximum atomic E-state index is 14.3. The first-order valence-electron chi connectivity index (χ1n) is 16.9. The van der Waals surface area contributed by atoms with Crippen LogP contribution in [0.25, 0.3) is 17.4 Å². The number of anilines is 1. The summed E-state index contributed by atoms with van der Waals surface area (Å²) >= 11 is 6.15. The van der Waals surface area contributed by atoms with Crippen molar-refractivity contribution in [3.63, 3.8) is 0 Å². The molecule has 10 nitrogen and oxygen atoms in total. The van der Waals surface area contributed by atoms with Crippen LogP contribution in [-0.4, -0.2) is 61.2 Å². The van der Waals surface area contributed by atoms with Crippen molar-refractivity contribution < 1.29 is 32.2 Å². The van der Waals surface area contributed by atoms with Crippen LogP contribution in [0.4, 0.5) is 23.7 Å². The maximum Gasteiger partial charge on any atom is 0.416 e. The van der Waals surface area contributed by atoms with E-state index in [1.54, 1.807) is 49.6 Å². The van der Waals surface area contributed by atoms with Gasteiger partial charge in [-0.05, 0) is 109 Å². The number of ether oxygens (including phenoxy) is 2. The maximum absolute atomic E-state index is 14.3. The number of alkyl halides is 3. The number of nitrogens with one attached hydrogen (secondary N) is 1. The Bertz CT molecular complexity index is 1990. The summed E-state index contributed by atoms with van der Waals surface area (Å²) in [7, 11) is 1.68. The molecule has 3 heterocycles. The highest BCUT2D eigenvalue weighted by Gasteiger charge is 2.41. The van der Waals surface area contributed by atoms with Crippen LogP contribution in [0.1, 0.15) is 96.7 Å². The van der Waals surface area contributed by atoms with E-state index in [1.807, 2.05) is 27.7 Å². The van der Waals surface area contributed by atoms with Gasteiger partial charge in [-0.15, -0.1) is 0 Å². The number of nitrogens with zero attached hydrogens (tertiary/aromatic N) is 4. The number of likely N-dealkylation sites (tertiary alicyclic amines) is 1. The van der Waals surface area contributed by atoms with Crippen molar-refractivity contribution in [3.8, 4) is 0 Å². The highest BCUT2D eigenvalue weighted by Crippen LogP contribution is 2.37. The molecule has 0 spiro atoms. The first kappa shape index (κ1) is 38.1. The van der Waals surface area contributed by atoms with Gasteiger partial charge in [0.05, 0.1) is 33.1 Å². The fourth-order valence-corrected chi connectivity index (χ4v) is 6.84. The number of amides is 2. The van der Waals surface area contributed by atoms with Crippen LogP contribution >= 0.6 is 11.6 Å². The highest BCUT2D eigenvalue weighted by molar-refractivity contribution is 6.33. The SMILES string of the molecule is CCc1c(/C=C2/CN(C(=O)OC(C)(C)C)C(C)(C)C2)c(=O)n2cc(C3=CCC(C)(OC)CC3)nc2n1CC(=O)Nc1ccc(C(F)(F)F)cc1Cl. The van der Waals surface area contributed by atoms with Gasteiger partial charge in [0.1, 0.15) is 12.1 Å². The van der Waals surface area contributed by atoms with Crippen molar-refractivity contribution in [3.05, 3.63) is 73.9 Å². The summed E-state index contributed by atoms with van der Waals surface area (Å²) in [5, 5.41) is 2.36. The predicted molar refractivity (Wildman–Crippen MR) is 191 cm³/mol. The average molecular weight is 732 g/mol. The van der Waals surface area contributed by atoms with Gasteiger partial charge in [0, 0.05) is 31.1 Å². The molecule has 0 saturated carbocycles. The largest absolute Gasteiger partial charge is 0.444 e. The molecule has 1 saturated heterocycles. The van der Waals surface area contributed by atoms with Gasteiger partial charge in [-0.3, -0.25) is 18.9 Å². The van der Waals surface area contributed by atoms with Gasteiger partial charge in [-0.25, -0.2) is 9.78 Å². The molecular weight excluding hydrogens is 687 g/mol. The van der Waals surface area contributed by atoms with Gasteiger partial charge in [0.15, 0.2) is 0 Å². The van der Waals surface area contributed by atoms with Crippen molar-refractivity contribution >= 4 is 46.7 Å². The molecule has 1 aromatic carbocycles. The summed E-state index contributed by atoms with van der Waals surface area (Å²) in [6.45, 7) is 13.1. The Balaban J connectivity index is 1.59. The molecule has 1 unspecified atom stereocenters. The van der Waals surface area contributed by atoms with E-state index in [0.717, 1.165) is 35.8 Å². The van der Waals surface area contributed by atoms with Gasteiger partial charge in [0.25, 0.3) is 5.56 Å². The number of allylic oxidation sites excluding steroid dienone is 1. The minimum Gasteiger partial charge on any atom is -0.444 e. The lowest BCUT2D eigenvalue weighted by atomic mass is 9.86. The second-order valence-corrected chi connectivity index (χ2v) is 15.5. The number of imidazole rings is 1. The van der Waals surface area contributed by atoms with E-state index >= 15 is 0 Å². The predicted octanol–water partition coefficient (Wildman–Crippen LogP) is 8.14. The molecule has 14 heteroatoms. The Morgan fingerprint density at radius 3 is 2.43 bits per heavy atom. The number of fused-ring (bicyclic) bond motifs is 1. The van der Waals surface area contributed by atoms with Crippen molar-refractivity contribution in [1.29, 1.82) is 0 Å². The van der Waals surface area contributed by atoms with Gasteiger partial charge >= 0.3 is 12.3 Å². The van der Waals surface area contributed by atoms with Crippen LogP contribution in [0.15, 0.2) is 40.8 Å². The van der Waals surface area contributed by atoms with Gasteiger partial charge in [-0.1, -0.05) is 24.6 Å². The Morgan fingerprint density at radius 2 is 1.86 bits per heavy atom. The van der Waals surface area contributed by atoms with Crippen molar-refractivity contribution in [2.75, 3.05) is 19.0 Å². The Labute approximate surface area is 300 Å². The van der Waals surface area contributed by atoms with Crippen LogP contribution < -0.4 is 10.9 Å². The van der Waals surface area contributed by atoms with Gasteiger partial charge < -0.3 is 19.4 Å². The molecule has 1 N–H and O–H groups in total. The summed E-state index contributed by atoms with van der Waals surface area (Å²) in [6, 6.07) is 2.71. The van der Waals surface area contributed by atoms with Crippen molar-refractivity contribution in [2.45, 2.75) is 110 Å². The molecule has 2 aromatic heterocycles. The van der Waals surface area contributed by atoms with Crippen LogP contribution in [0.2, 0.25) is 5.02 Å². The van der Waals surface area contributed by atoms with E-state index in [1.165, 1.54) is 4.40 Å². The third-order valence-electron chi connectivity index (χ3n) is 9.46. The van der Waals surface area contributed by atoms with Crippen molar-refractivity contribution in [2.24, 2.45) is 0 Å². The topological polar surface area (TPSA) is 107 Å². The standard InChI is InChI=1S/C37H45ClF3N5O5/c1-9-29-25(16-22-18-35(5,6)46(19-22)33(49)51-34(2,3)4)31(48)45-20-28(23-12-14-36(7,50-8)15-13-23)43-32(45)44(29)21-30(47)42-27-11-10-24(17-26(27)38)37(39,40)41/h10-12,16-17,20H,9,13-15,18-19,21H2,1-8H3,(H,42,47)/b22-16+. The smallest absolute Gasteiger partial charge is 0.416 e. The summed E-state index contributed by atoms with van der Waals surface area (Å²) < 4.78 is 54.1. The normalized spacial score (nSPS) is 20.2. The third-order valence-corrected chi connectivity index (χ3v) is 9.77. The fraction of sp³-hybridized carbons (Fsp3) is 0.514. The van der Waals surface area contributed by atoms with Crippen LogP contribution in [0.5, 0.6) is 0 Å². The number of halogens is 4. The molecule has 0 radical (unpaired) electrons. The van der Waals surface area contributed by atoms with E-state index in [2.05, 4.69) is 11.4 Å². The molecule has 51 heavy (non-hydrogen) atoms. The first-order chi connectivity index (χ1) is 23.6. The summed E-state index contributed by atoms with van der Waals surface area (Å²) in [5.74, 6) is -0.336. The summed E-state index contributed by atoms with van der Waals surface area (Å²) in [4.78, 5) is 47.5. The Morgan fingerprint density at radius 1 is 1.16 bits per heavy atom. The van der Waals surface area contributed by atoms with Crippen LogP contribution in [-0.2, 0) is 33.4 Å². The van der Waals surface area contributed by atoms with E-state index in [9.17, 15) is 27.6 Å². The molecule has 2 aliphatic rings. The van der Waals surface area contributed by atoms with Gasteiger partial charge in [-0.2, -0.15) is 13.2 Å². The minimum atomic E-state index is -4.60. The molecule has 3 aromatic rings. The monoisotopic (exact) mass is 731 g/mol. The molecule has 2 amide bonds. The lowest BCUT2D eigenvalue weighted by Gasteiger charge is -2.33. The number of carbonyl (C=O) groups is 2. The molecule has 0 bridgehead atoms. The van der Waals surface area contributed by atoms with E-state index in [0.29, 0.717) is 42.6 Å². The van der Waals surface area contributed by atoms with Crippen LogP contribution in [0, 0.1) is 0 Å². The number of hydrogen-bond donors (Lipinski definition) is 1. The molecule has 5 rings (SSSR count). The Kier molecular flexibility index (Phi) is 10.3. The zero-order valence-electron chi connectivity index (χ0n) is 30.3. The van der Waals surface area contributed by atoms with E-state index in [4.69, 9.17) is 26.1 Å². The molecule has 276 valence electrons. The average Bonchev–Trinajstić information content (AvgIpc) is 3.60. The molecule has 1 fully saturated rings. The molecule has 1 aliphatic heterocycles. The number of carbonyl (C=O) groups excluding carboxylic acids is 2. The second-order valence-electron chi connectivity index (χ2n) is 15.1. The lowest BCUT2D eigenvalue weighted by Crippen LogP contribution is -2.45. The van der Waals surface area contributed by atoms with Crippen molar-refractivity contribution in [1.82, 2.24) is 18.9 Å². The van der Waals surface area contributed by atoms with E-state index in [-0.39, 0.29) is 40.7 Å². The first-order valence-corrected chi connectivity index (χ1v) is 17.3. The zero-order chi connectivity index (χ0) is 37.7. The quantitative estimate of drug-likeness (QED) is 0.263. The number of methoxy groups -OCH3 is 1. The third kappa shape index (κ3) is 8.19. The number of rotatable bonds is 7. The molecule has 1 aliphatic carbocycles. The lowest BCUT2D eigenvalue weighted by molar-refractivity contribution is -0.137. The Hall–Kier alpha value is -4.10. The fourth-order valence-electron chi connectivity index (χ4n) is 6.62. The molecular formula is C37H45ClF3N5O5. The number of aromatic nitrogens is 3. The second kappa shape index (κ2) is 13.8.